The second-order valence-electron chi connectivity index (χ2n) is 5.03. The van der Waals surface area contributed by atoms with Crippen LogP contribution in [0.25, 0.3) is 0 Å². The van der Waals surface area contributed by atoms with Crippen LogP contribution in [-0.4, -0.2) is 30.1 Å². The molecule has 0 spiro atoms. The van der Waals surface area contributed by atoms with Crippen LogP contribution in [0.2, 0.25) is 0 Å². The highest BCUT2D eigenvalue weighted by atomic mass is 15.2. The van der Waals surface area contributed by atoms with Crippen LogP contribution in [0.3, 0.4) is 0 Å². The van der Waals surface area contributed by atoms with E-state index >= 15 is 0 Å². The third-order valence-electron chi connectivity index (χ3n) is 2.80. The second-order valence-corrected chi connectivity index (χ2v) is 5.03. The molecule has 72 valence electrons. The molecule has 2 heteroatoms. The predicted molar refractivity (Wildman–Crippen MR) is 53.1 cm³/mol. The van der Waals surface area contributed by atoms with E-state index in [-0.39, 0.29) is 5.54 Å². The lowest BCUT2D eigenvalue weighted by atomic mass is 9.80. The highest BCUT2D eigenvalue weighted by molar-refractivity contribution is 4.88. The maximum Gasteiger partial charge on any atom is 0.0226 e. The van der Waals surface area contributed by atoms with E-state index in [0.717, 1.165) is 18.5 Å². The van der Waals surface area contributed by atoms with E-state index in [0.29, 0.717) is 0 Å². The van der Waals surface area contributed by atoms with E-state index in [1.54, 1.807) is 0 Å². The third kappa shape index (κ3) is 2.46. The summed E-state index contributed by atoms with van der Waals surface area (Å²) in [4.78, 5) is 2.41. The lowest BCUT2D eigenvalue weighted by Gasteiger charge is -2.43. The van der Waals surface area contributed by atoms with Crippen LogP contribution in [0, 0.1) is 5.92 Å². The van der Waals surface area contributed by atoms with Crippen molar-refractivity contribution >= 4 is 0 Å². The Labute approximate surface area is 76.1 Å². The Kier molecular flexibility index (Phi) is 2.79. The zero-order valence-electron chi connectivity index (χ0n) is 8.80. The smallest absolute Gasteiger partial charge is 0.0226 e. The summed E-state index contributed by atoms with van der Waals surface area (Å²) in [5, 5.41) is 0. The summed E-state index contributed by atoms with van der Waals surface area (Å²) in [5.74, 6) is 0.873. The summed E-state index contributed by atoms with van der Waals surface area (Å²) >= 11 is 0. The summed E-state index contributed by atoms with van der Waals surface area (Å²) in [7, 11) is 2.19. The average Bonchev–Trinajstić information content (AvgIpc) is 1.79. The number of nitrogens with two attached hydrogens (primary N) is 1. The number of rotatable bonds is 3. The predicted octanol–water partition coefficient (Wildman–Crippen LogP) is 1.45. The standard InChI is InChI=1S/C10H22N2/c1-8-5-6-9(8)12(4)7-10(2,3)11/h8-9H,5-7,11H2,1-4H3. The van der Waals surface area contributed by atoms with Crippen LogP contribution in [-0.2, 0) is 0 Å². The first-order chi connectivity index (χ1) is 5.40. The van der Waals surface area contributed by atoms with Gasteiger partial charge in [-0.15, -0.1) is 0 Å². The van der Waals surface area contributed by atoms with Crippen molar-refractivity contribution < 1.29 is 0 Å². The molecule has 1 aliphatic carbocycles. The molecule has 0 aliphatic heterocycles. The lowest BCUT2D eigenvalue weighted by molar-refractivity contribution is 0.0807. The minimum atomic E-state index is -0.0515. The molecule has 0 aromatic heterocycles. The van der Waals surface area contributed by atoms with E-state index in [1.165, 1.54) is 12.8 Å². The van der Waals surface area contributed by atoms with E-state index in [9.17, 15) is 0 Å². The van der Waals surface area contributed by atoms with Crippen molar-refractivity contribution in [3.63, 3.8) is 0 Å². The minimum Gasteiger partial charge on any atom is -0.324 e. The van der Waals surface area contributed by atoms with E-state index in [2.05, 4.69) is 32.7 Å². The first-order valence-corrected chi connectivity index (χ1v) is 4.89. The monoisotopic (exact) mass is 170 g/mol. The van der Waals surface area contributed by atoms with Crippen LogP contribution < -0.4 is 5.73 Å². The molecule has 2 atom stereocenters. The maximum atomic E-state index is 5.96. The first-order valence-electron chi connectivity index (χ1n) is 4.89. The summed E-state index contributed by atoms with van der Waals surface area (Å²) in [6, 6.07) is 0.785. The molecule has 0 radical (unpaired) electrons. The SMILES string of the molecule is CC1CCC1N(C)CC(C)(C)N. The second kappa shape index (κ2) is 3.35. The molecule has 12 heavy (non-hydrogen) atoms. The fraction of sp³-hybridized carbons (Fsp3) is 1.00. The molecular weight excluding hydrogens is 148 g/mol. The van der Waals surface area contributed by atoms with Gasteiger partial charge in [-0.2, -0.15) is 0 Å². The van der Waals surface area contributed by atoms with E-state index in [1.807, 2.05) is 0 Å². The van der Waals surface area contributed by atoms with E-state index in [4.69, 9.17) is 5.73 Å². The van der Waals surface area contributed by atoms with Crippen LogP contribution in [0.1, 0.15) is 33.6 Å². The van der Waals surface area contributed by atoms with Gasteiger partial charge in [0.2, 0.25) is 0 Å². The Morgan fingerprint density at radius 1 is 1.42 bits per heavy atom. The van der Waals surface area contributed by atoms with Gasteiger partial charge in [0.15, 0.2) is 0 Å². The fourth-order valence-electron chi connectivity index (χ4n) is 2.06. The van der Waals surface area contributed by atoms with Gasteiger partial charge in [-0.25, -0.2) is 0 Å². The zero-order valence-corrected chi connectivity index (χ0v) is 8.80. The molecule has 2 nitrogen and oxygen atoms in total. The maximum absolute atomic E-state index is 5.96. The molecular formula is C10H22N2. The Balaban J connectivity index is 2.33. The summed E-state index contributed by atoms with van der Waals surface area (Å²) in [6.45, 7) is 7.51. The van der Waals surface area contributed by atoms with Crippen molar-refractivity contribution in [1.82, 2.24) is 4.90 Å². The van der Waals surface area contributed by atoms with Gasteiger partial charge < -0.3 is 10.6 Å². The van der Waals surface area contributed by atoms with Gasteiger partial charge in [0.05, 0.1) is 0 Å². The van der Waals surface area contributed by atoms with Gasteiger partial charge in [0.25, 0.3) is 0 Å². The molecule has 1 rings (SSSR count). The highest BCUT2D eigenvalue weighted by Gasteiger charge is 2.31. The quantitative estimate of drug-likeness (QED) is 0.694. The molecule has 1 fully saturated rings. The van der Waals surface area contributed by atoms with Gasteiger partial charge in [0.1, 0.15) is 0 Å². The zero-order chi connectivity index (χ0) is 9.35. The van der Waals surface area contributed by atoms with Crippen LogP contribution >= 0.6 is 0 Å². The third-order valence-corrected chi connectivity index (χ3v) is 2.80. The van der Waals surface area contributed by atoms with Crippen molar-refractivity contribution in [2.75, 3.05) is 13.6 Å². The minimum absolute atomic E-state index is 0.0515. The molecule has 0 aromatic rings. The summed E-state index contributed by atoms with van der Waals surface area (Å²) in [6.07, 6.45) is 2.74. The Morgan fingerprint density at radius 2 is 2.00 bits per heavy atom. The van der Waals surface area contributed by atoms with Crippen molar-refractivity contribution in [3.05, 3.63) is 0 Å². The summed E-state index contributed by atoms with van der Waals surface area (Å²) < 4.78 is 0. The highest BCUT2D eigenvalue weighted by Crippen LogP contribution is 2.31. The van der Waals surface area contributed by atoms with Gasteiger partial charge >= 0.3 is 0 Å². The molecule has 0 aromatic carbocycles. The Bertz CT molecular complexity index is 148. The molecule has 0 amide bonds. The van der Waals surface area contributed by atoms with Gasteiger partial charge in [-0.1, -0.05) is 6.92 Å². The van der Waals surface area contributed by atoms with Crippen molar-refractivity contribution in [1.29, 1.82) is 0 Å². The molecule has 0 bridgehead atoms. The molecule has 0 heterocycles. The molecule has 2 unspecified atom stereocenters. The number of likely N-dealkylation sites (N-methyl/N-ethyl adjacent to an activating group) is 1. The van der Waals surface area contributed by atoms with Gasteiger partial charge in [-0.05, 0) is 39.7 Å². The molecule has 1 aliphatic rings. The van der Waals surface area contributed by atoms with Crippen LogP contribution in [0.15, 0.2) is 0 Å². The molecule has 2 N–H and O–H groups in total. The topological polar surface area (TPSA) is 29.3 Å². The molecule has 1 saturated carbocycles. The fourth-order valence-corrected chi connectivity index (χ4v) is 2.06. The number of hydrogen-bond donors (Lipinski definition) is 1. The largest absolute Gasteiger partial charge is 0.324 e. The lowest BCUT2D eigenvalue weighted by Crippen LogP contribution is -2.52. The van der Waals surface area contributed by atoms with Gasteiger partial charge in [0, 0.05) is 18.1 Å². The van der Waals surface area contributed by atoms with E-state index < -0.39 is 0 Å². The molecule has 0 saturated heterocycles. The Hall–Kier alpha value is -0.0800. The van der Waals surface area contributed by atoms with Crippen molar-refractivity contribution in [2.45, 2.75) is 45.2 Å². The average molecular weight is 170 g/mol. The van der Waals surface area contributed by atoms with Crippen LogP contribution in [0.5, 0.6) is 0 Å². The van der Waals surface area contributed by atoms with Crippen molar-refractivity contribution in [2.24, 2.45) is 11.7 Å². The number of hydrogen-bond acceptors (Lipinski definition) is 2. The first kappa shape index (κ1) is 10.0. The summed E-state index contributed by atoms with van der Waals surface area (Å²) in [5.41, 5.74) is 5.91. The van der Waals surface area contributed by atoms with Crippen LogP contribution in [0.4, 0.5) is 0 Å². The normalized spacial score (nSPS) is 30.5. The van der Waals surface area contributed by atoms with Gasteiger partial charge in [-0.3, -0.25) is 0 Å². The Morgan fingerprint density at radius 3 is 2.25 bits per heavy atom. The number of nitrogens with zero attached hydrogens (tertiary/aromatic N) is 1. The van der Waals surface area contributed by atoms with Crippen molar-refractivity contribution in [3.8, 4) is 0 Å².